The number of benzene rings is 1. The number of rotatable bonds is 4. The van der Waals surface area contributed by atoms with Crippen LogP contribution in [0.2, 0.25) is 0 Å². The highest BCUT2D eigenvalue weighted by Gasteiger charge is 2.21. The average molecular weight is 308 g/mol. The lowest BCUT2D eigenvalue weighted by atomic mass is 10.1. The zero-order valence-corrected chi connectivity index (χ0v) is 12.7. The van der Waals surface area contributed by atoms with Crippen LogP contribution in [0.15, 0.2) is 18.2 Å². The van der Waals surface area contributed by atoms with Crippen LogP contribution in [0.5, 0.6) is 11.5 Å². The molecule has 5 nitrogen and oxygen atoms in total. The molecule has 21 heavy (non-hydrogen) atoms. The molecule has 1 aromatic rings. The standard InChI is InChI=1S/C15H20N2O3S/c18-15(12-9-21-10-17-12)16-5-4-11-2-3-13-14(8-11)20-7-1-6-19-13/h2-3,8,12,17H,1,4-7,9-10H2,(H,16,18). The summed E-state index contributed by atoms with van der Waals surface area (Å²) in [5, 5.41) is 6.15. The summed E-state index contributed by atoms with van der Waals surface area (Å²) in [5.41, 5.74) is 1.15. The Hall–Kier alpha value is -1.40. The largest absolute Gasteiger partial charge is 0.490 e. The first-order valence-corrected chi connectivity index (χ1v) is 8.46. The number of hydrogen-bond donors (Lipinski definition) is 2. The lowest BCUT2D eigenvalue weighted by molar-refractivity contribution is -0.122. The molecule has 1 aromatic carbocycles. The number of carbonyl (C=O) groups is 1. The minimum absolute atomic E-state index is 0.0428. The molecule has 2 aliphatic heterocycles. The minimum atomic E-state index is -0.0428. The molecule has 3 rings (SSSR count). The molecule has 0 radical (unpaired) electrons. The van der Waals surface area contributed by atoms with Crippen LogP contribution in [-0.4, -0.2) is 43.3 Å². The van der Waals surface area contributed by atoms with Crippen molar-refractivity contribution in [3.63, 3.8) is 0 Å². The Balaban J connectivity index is 1.51. The van der Waals surface area contributed by atoms with Crippen molar-refractivity contribution in [2.45, 2.75) is 18.9 Å². The molecule has 1 unspecified atom stereocenters. The number of thioether (sulfide) groups is 1. The molecule has 1 saturated heterocycles. The third-order valence-corrected chi connectivity index (χ3v) is 4.50. The first-order chi connectivity index (χ1) is 10.3. The third kappa shape index (κ3) is 3.83. The van der Waals surface area contributed by atoms with E-state index in [-0.39, 0.29) is 11.9 Å². The van der Waals surface area contributed by atoms with E-state index in [0.29, 0.717) is 19.8 Å². The van der Waals surface area contributed by atoms with Crippen LogP contribution in [0.4, 0.5) is 0 Å². The van der Waals surface area contributed by atoms with Gasteiger partial charge in [-0.1, -0.05) is 6.07 Å². The maximum atomic E-state index is 11.9. The van der Waals surface area contributed by atoms with E-state index < -0.39 is 0 Å². The summed E-state index contributed by atoms with van der Waals surface area (Å²) < 4.78 is 11.3. The zero-order valence-electron chi connectivity index (χ0n) is 11.9. The van der Waals surface area contributed by atoms with Gasteiger partial charge in [0.15, 0.2) is 11.5 Å². The number of nitrogens with one attached hydrogen (secondary N) is 2. The fraction of sp³-hybridized carbons (Fsp3) is 0.533. The maximum Gasteiger partial charge on any atom is 0.238 e. The van der Waals surface area contributed by atoms with Crippen LogP contribution in [0, 0.1) is 0 Å². The van der Waals surface area contributed by atoms with Gasteiger partial charge in [-0.3, -0.25) is 10.1 Å². The van der Waals surface area contributed by atoms with Gasteiger partial charge in [-0.2, -0.15) is 0 Å². The van der Waals surface area contributed by atoms with Crippen molar-refractivity contribution in [3.05, 3.63) is 23.8 Å². The molecule has 0 aliphatic carbocycles. The first kappa shape index (κ1) is 14.5. The van der Waals surface area contributed by atoms with Gasteiger partial charge in [0.2, 0.25) is 5.91 Å². The van der Waals surface area contributed by atoms with Crippen LogP contribution < -0.4 is 20.1 Å². The Labute approximate surface area is 128 Å². The van der Waals surface area contributed by atoms with Crippen molar-refractivity contribution in [2.75, 3.05) is 31.4 Å². The number of fused-ring (bicyclic) bond motifs is 1. The number of carbonyl (C=O) groups excluding carboxylic acids is 1. The van der Waals surface area contributed by atoms with Crippen molar-refractivity contribution in [1.29, 1.82) is 0 Å². The lowest BCUT2D eigenvalue weighted by Gasteiger charge is -2.12. The second-order valence-corrected chi connectivity index (χ2v) is 6.17. The molecular weight excluding hydrogens is 288 g/mol. The van der Waals surface area contributed by atoms with Gasteiger partial charge in [0, 0.05) is 24.6 Å². The minimum Gasteiger partial charge on any atom is -0.490 e. The van der Waals surface area contributed by atoms with Gasteiger partial charge < -0.3 is 14.8 Å². The molecule has 6 heteroatoms. The van der Waals surface area contributed by atoms with Gasteiger partial charge >= 0.3 is 0 Å². The SMILES string of the molecule is O=C(NCCc1ccc2c(c1)OCCCO2)C1CSCN1. The van der Waals surface area contributed by atoms with E-state index in [2.05, 4.69) is 10.6 Å². The molecule has 0 bridgehead atoms. The molecule has 2 aliphatic rings. The van der Waals surface area contributed by atoms with Crippen LogP contribution in [0.3, 0.4) is 0 Å². The molecule has 0 saturated carbocycles. The molecule has 2 N–H and O–H groups in total. The van der Waals surface area contributed by atoms with E-state index in [9.17, 15) is 4.79 Å². The van der Waals surface area contributed by atoms with Crippen molar-refractivity contribution in [1.82, 2.24) is 10.6 Å². The molecule has 114 valence electrons. The maximum absolute atomic E-state index is 11.9. The van der Waals surface area contributed by atoms with Crippen LogP contribution >= 0.6 is 11.8 Å². The molecule has 0 aromatic heterocycles. The highest BCUT2D eigenvalue weighted by atomic mass is 32.2. The average Bonchev–Trinajstić information content (AvgIpc) is 2.93. The van der Waals surface area contributed by atoms with Gasteiger partial charge in [0.05, 0.1) is 19.3 Å². The number of hydrogen-bond acceptors (Lipinski definition) is 5. The number of ether oxygens (including phenoxy) is 2. The monoisotopic (exact) mass is 308 g/mol. The molecule has 1 atom stereocenters. The highest BCUT2D eigenvalue weighted by Crippen LogP contribution is 2.30. The second kappa shape index (κ2) is 7.04. The Kier molecular flexibility index (Phi) is 4.87. The summed E-state index contributed by atoms with van der Waals surface area (Å²) in [6.45, 7) is 2.04. The summed E-state index contributed by atoms with van der Waals surface area (Å²) in [5.74, 6) is 3.43. The summed E-state index contributed by atoms with van der Waals surface area (Å²) in [4.78, 5) is 11.9. The van der Waals surface area contributed by atoms with Crippen LogP contribution in [0.1, 0.15) is 12.0 Å². The van der Waals surface area contributed by atoms with E-state index in [1.54, 1.807) is 11.8 Å². The summed E-state index contributed by atoms with van der Waals surface area (Å²) in [7, 11) is 0. The lowest BCUT2D eigenvalue weighted by Crippen LogP contribution is -2.42. The van der Waals surface area contributed by atoms with Crippen molar-refractivity contribution in [3.8, 4) is 11.5 Å². The summed E-state index contributed by atoms with van der Waals surface area (Å²) in [6, 6.07) is 5.95. The van der Waals surface area contributed by atoms with Gasteiger partial charge in [0.1, 0.15) is 0 Å². The van der Waals surface area contributed by atoms with E-state index in [1.807, 2.05) is 18.2 Å². The van der Waals surface area contributed by atoms with Crippen molar-refractivity contribution < 1.29 is 14.3 Å². The summed E-state index contributed by atoms with van der Waals surface area (Å²) in [6.07, 6.45) is 1.70. The molecular formula is C15H20N2O3S. The van der Waals surface area contributed by atoms with Crippen LogP contribution in [0.25, 0.3) is 0 Å². The predicted molar refractivity (Wildman–Crippen MR) is 83.0 cm³/mol. The predicted octanol–water partition coefficient (Wildman–Crippen LogP) is 1.17. The van der Waals surface area contributed by atoms with E-state index in [0.717, 1.165) is 41.5 Å². The molecule has 1 amide bonds. The fourth-order valence-electron chi connectivity index (χ4n) is 2.38. The van der Waals surface area contributed by atoms with Crippen LogP contribution in [-0.2, 0) is 11.2 Å². The Bertz CT molecular complexity index is 504. The van der Waals surface area contributed by atoms with Gasteiger partial charge in [-0.15, -0.1) is 11.8 Å². The Morgan fingerprint density at radius 2 is 2.19 bits per heavy atom. The summed E-state index contributed by atoms with van der Waals surface area (Å²) >= 11 is 1.76. The zero-order chi connectivity index (χ0) is 14.5. The molecule has 2 heterocycles. The smallest absolute Gasteiger partial charge is 0.238 e. The highest BCUT2D eigenvalue weighted by molar-refractivity contribution is 7.99. The van der Waals surface area contributed by atoms with Crippen molar-refractivity contribution >= 4 is 17.7 Å². The topological polar surface area (TPSA) is 59.6 Å². The molecule has 1 fully saturated rings. The Morgan fingerprint density at radius 1 is 1.33 bits per heavy atom. The van der Waals surface area contributed by atoms with E-state index >= 15 is 0 Å². The van der Waals surface area contributed by atoms with Gasteiger partial charge in [-0.25, -0.2) is 0 Å². The fourth-order valence-corrected chi connectivity index (χ4v) is 3.32. The first-order valence-electron chi connectivity index (χ1n) is 7.30. The second-order valence-electron chi connectivity index (χ2n) is 5.14. The number of amides is 1. The Morgan fingerprint density at radius 3 is 3.00 bits per heavy atom. The normalized spacial score (nSPS) is 20.9. The van der Waals surface area contributed by atoms with Gasteiger partial charge in [-0.05, 0) is 24.1 Å². The quantitative estimate of drug-likeness (QED) is 0.874. The van der Waals surface area contributed by atoms with Crippen molar-refractivity contribution in [2.24, 2.45) is 0 Å². The van der Waals surface area contributed by atoms with Gasteiger partial charge in [0.25, 0.3) is 0 Å². The van der Waals surface area contributed by atoms with E-state index in [4.69, 9.17) is 9.47 Å². The third-order valence-electron chi connectivity index (χ3n) is 3.56. The molecule has 0 spiro atoms. The van der Waals surface area contributed by atoms with E-state index in [1.165, 1.54) is 0 Å².